The van der Waals surface area contributed by atoms with Gasteiger partial charge in [-0.3, -0.25) is 14.6 Å². The molecule has 3 heterocycles. The number of aromatic amines is 1. The predicted molar refractivity (Wildman–Crippen MR) is 130 cm³/mol. The molecule has 1 fully saturated rings. The van der Waals surface area contributed by atoms with Crippen molar-refractivity contribution >= 4 is 11.9 Å². The number of hydrogen-bond donors (Lipinski definition) is 2. The van der Waals surface area contributed by atoms with Crippen molar-refractivity contribution in [3.05, 3.63) is 69.8 Å². The van der Waals surface area contributed by atoms with Gasteiger partial charge >= 0.3 is 0 Å². The van der Waals surface area contributed by atoms with Gasteiger partial charge < -0.3 is 24.4 Å². The first-order chi connectivity index (χ1) is 17.0. The molecule has 0 spiro atoms. The van der Waals surface area contributed by atoms with E-state index in [1.165, 1.54) is 0 Å². The number of methoxy groups -OCH3 is 1. The molecule has 0 bridgehead atoms. The molecule has 1 aromatic carbocycles. The Morgan fingerprint density at radius 1 is 1.20 bits per heavy atom. The molecule has 0 unspecified atom stereocenters. The summed E-state index contributed by atoms with van der Waals surface area (Å²) in [6, 6.07) is 10.8. The fraction of sp³-hybridized carbons (Fsp3) is 0.360. The maximum absolute atomic E-state index is 12.6. The maximum Gasteiger partial charge on any atom is 0.255 e. The number of morpholine rings is 1. The molecule has 1 aliphatic rings. The zero-order chi connectivity index (χ0) is 24.6. The van der Waals surface area contributed by atoms with Crippen molar-refractivity contribution in [2.24, 2.45) is 0 Å². The highest BCUT2D eigenvalue weighted by Crippen LogP contribution is 2.23. The molecule has 10 nitrogen and oxygen atoms in total. The molecule has 0 aliphatic carbocycles. The minimum absolute atomic E-state index is 0.155. The highest BCUT2D eigenvalue weighted by molar-refractivity contribution is 5.76. The molecule has 184 valence electrons. The second-order valence-electron chi connectivity index (χ2n) is 8.12. The summed E-state index contributed by atoms with van der Waals surface area (Å²) < 4.78 is 16.3. The molecule has 1 saturated heterocycles. The van der Waals surface area contributed by atoms with Crippen molar-refractivity contribution in [1.82, 2.24) is 20.3 Å². The normalized spacial score (nSPS) is 13.4. The lowest BCUT2D eigenvalue weighted by Crippen LogP contribution is -2.38. The quantitative estimate of drug-likeness (QED) is 0.480. The van der Waals surface area contributed by atoms with Gasteiger partial charge in [-0.25, -0.2) is 9.97 Å². The Labute approximate surface area is 203 Å². The molecule has 2 N–H and O–H groups in total. The van der Waals surface area contributed by atoms with Gasteiger partial charge in [0.25, 0.3) is 5.56 Å². The highest BCUT2D eigenvalue weighted by atomic mass is 16.5. The standard InChI is InChI=1S/C25H29N5O5/c1-17-21(24(32)29-25(28-17)30-10-12-34-13-11-30)7-8-22(31)26-15-18-6-9-23(27-16-18)35-20-5-3-4-19(14-20)33-2/h3-6,9,14,16H,7-8,10-13,15H2,1-2H3,(H,26,31)(H,28,29,32). The number of nitrogens with zero attached hydrogens (tertiary/aromatic N) is 3. The number of amides is 1. The van der Waals surface area contributed by atoms with Gasteiger partial charge in [0.15, 0.2) is 0 Å². The Morgan fingerprint density at radius 3 is 2.71 bits per heavy atom. The van der Waals surface area contributed by atoms with E-state index in [2.05, 4.69) is 20.3 Å². The first-order valence-electron chi connectivity index (χ1n) is 11.5. The number of anilines is 1. The summed E-state index contributed by atoms with van der Waals surface area (Å²) in [6.45, 7) is 4.72. The van der Waals surface area contributed by atoms with Crippen LogP contribution in [0, 0.1) is 6.92 Å². The highest BCUT2D eigenvalue weighted by Gasteiger charge is 2.16. The Bertz CT molecular complexity index is 1210. The van der Waals surface area contributed by atoms with E-state index in [4.69, 9.17) is 14.2 Å². The average molecular weight is 480 g/mol. The van der Waals surface area contributed by atoms with E-state index in [-0.39, 0.29) is 17.9 Å². The number of benzene rings is 1. The largest absolute Gasteiger partial charge is 0.497 e. The van der Waals surface area contributed by atoms with Gasteiger partial charge in [0.05, 0.1) is 20.3 Å². The summed E-state index contributed by atoms with van der Waals surface area (Å²) in [5.41, 5.74) is 1.79. The van der Waals surface area contributed by atoms with Crippen LogP contribution in [0.15, 0.2) is 47.4 Å². The zero-order valence-electron chi connectivity index (χ0n) is 19.9. The number of hydrogen-bond acceptors (Lipinski definition) is 8. The number of aryl methyl sites for hydroxylation is 1. The van der Waals surface area contributed by atoms with Crippen molar-refractivity contribution in [2.75, 3.05) is 38.3 Å². The van der Waals surface area contributed by atoms with Gasteiger partial charge in [0.1, 0.15) is 11.5 Å². The third-order valence-corrected chi connectivity index (χ3v) is 5.67. The van der Waals surface area contributed by atoms with Crippen LogP contribution in [0.1, 0.15) is 23.2 Å². The number of carbonyl (C=O) groups excluding carboxylic acids is 1. The molecule has 1 aliphatic heterocycles. The minimum atomic E-state index is -0.206. The Kier molecular flexibility index (Phi) is 7.94. The van der Waals surface area contributed by atoms with E-state index >= 15 is 0 Å². The summed E-state index contributed by atoms with van der Waals surface area (Å²) in [4.78, 5) is 38.6. The van der Waals surface area contributed by atoms with Crippen LogP contribution in [0.4, 0.5) is 5.95 Å². The van der Waals surface area contributed by atoms with Crippen molar-refractivity contribution in [3.63, 3.8) is 0 Å². The first-order valence-corrected chi connectivity index (χ1v) is 11.5. The second kappa shape index (κ2) is 11.5. The molecule has 35 heavy (non-hydrogen) atoms. The van der Waals surface area contributed by atoms with Gasteiger partial charge in [-0.1, -0.05) is 12.1 Å². The fourth-order valence-electron chi connectivity index (χ4n) is 3.70. The van der Waals surface area contributed by atoms with Gasteiger partial charge in [0.2, 0.25) is 17.7 Å². The third kappa shape index (κ3) is 6.57. The molecule has 1 amide bonds. The van der Waals surface area contributed by atoms with E-state index < -0.39 is 0 Å². The molecular formula is C25H29N5O5. The SMILES string of the molecule is COc1cccc(Oc2ccc(CNC(=O)CCc3c(C)nc(N4CCOCC4)[nH]c3=O)cn2)c1. The molecule has 0 saturated carbocycles. The number of pyridine rings is 1. The van der Waals surface area contributed by atoms with Crippen LogP contribution in [0.25, 0.3) is 0 Å². The maximum atomic E-state index is 12.6. The summed E-state index contributed by atoms with van der Waals surface area (Å²) in [5.74, 6) is 2.16. The van der Waals surface area contributed by atoms with Crippen LogP contribution in [-0.4, -0.2) is 54.3 Å². The summed E-state index contributed by atoms with van der Waals surface area (Å²) >= 11 is 0. The molecular weight excluding hydrogens is 450 g/mol. The lowest BCUT2D eigenvalue weighted by molar-refractivity contribution is -0.121. The topological polar surface area (TPSA) is 119 Å². The van der Waals surface area contributed by atoms with Crippen LogP contribution in [0.2, 0.25) is 0 Å². The van der Waals surface area contributed by atoms with Gasteiger partial charge in [-0.2, -0.15) is 0 Å². The first kappa shape index (κ1) is 24.2. The van der Waals surface area contributed by atoms with Gasteiger partial charge in [-0.15, -0.1) is 0 Å². The van der Waals surface area contributed by atoms with Crippen molar-refractivity contribution in [1.29, 1.82) is 0 Å². The van der Waals surface area contributed by atoms with Crippen molar-refractivity contribution in [2.45, 2.75) is 26.3 Å². The molecule has 0 atom stereocenters. The number of nitrogens with one attached hydrogen (secondary N) is 2. The summed E-state index contributed by atoms with van der Waals surface area (Å²) in [7, 11) is 1.60. The Hall–Kier alpha value is -3.92. The van der Waals surface area contributed by atoms with Crippen LogP contribution in [-0.2, 0) is 22.5 Å². The summed E-state index contributed by atoms with van der Waals surface area (Å²) in [5, 5.41) is 2.86. The monoisotopic (exact) mass is 479 g/mol. The van der Waals surface area contributed by atoms with Gasteiger partial charge in [0, 0.05) is 55.6 Å². The van der Waals surface area contributed by atoms with E-state index in [9.17, 15) is 9.59 Å². The van der Waals surface area contributed by atoms with E-state index in [1.807, 2.05) is 29.2 Å². The average Bonchev–Trinajstić information content (AvgIpc) is 2.88. The molecule has 3 aromatic rings. The van der Waals surface area contributed by atoms with Crippen LogP contribution >= 0.6 is 0 Å². The molecule has 10 heteroatoms. The van der Waals surface area contributed by atoms with E-state index in [1.54, 1.807) is 32.4 Å². The lowest BCUT2D eigenvalue weighted by atomic mass is 10.1. The van der Waals surface area contributed by atoms with Gasteiger partial charge in [-0.05, 0) is 31.0 Å². The number of rotatable bonds is 9. The number of carbonyl (C=O) groups is 1. The molecule has 0 radical (unpaired) electrons. The Balaban J connectivity index is 1.26. The van der Waals surface area contributed by atoms with Crippen molar-refractivity contribution in [3.8, 4) is 17.4 Å². The zero-order valence-corrected chi connectivity index (χ0v) is 19.9. The van der Waals surface area contributed by atoms with Crippen molar-refractivity contribution < 1.29 is 19.0 Å². The number of H-pyrrole nitrogens is 1. The Morgan fingerprint density at radius 2 is 2.00 bits per heavy atom. The van der Waals surface area contributed by atoms with Crippen LogP contribution < -0.4 is 25.2 Å². The number of aromatic nitrogens is 3. The third-order valence-electron chi connectivity index (χ3n) is 5.67. The van der Waals surface area contributed by atoms with Crippen LogP contribution in [0.3, 0.4) is 0 Å². The van der Waals surface area contributed by atoms with E-state index in [0.29, 0.717) is 73.9 Å². The lowest BCUT2D eigenvalue weighted by Gasteiger charge is -2.27. The van der Waals surface area contributed by atoms with Crippen LogP contribution in [0.5, 0.6) is 17.4 Å². The summed E-state index contributed by atoms with van der Waals surface area (Å²) in [6.07, 6.45) is 2.15. The smallest absolute Gasteiger partial charge is 0.255 e. The fourth-order valence-corrected chi connectivity index (χ4v) is 3.70. The predicted octanol–water partition coefficient (Wildman–Crippen LogP) is 2.36. The molecule has 4 rings (SSSR count). The number of ether oxygens (including phenoxy) is 3. The molecule has 2 aromatic heterocycles. The second-order valence-corrected chi connectivity index (χ2v) is 8.12. The van der Waals surface area contributed by atoms with E-state index in [0.717, 1.165) is 5.56 Å². The minimum Gasteiger partial charge on any atom is -0.497 e.